The summed E-state index contributed by atoms with van der Waals surface area (Å²) in [7, 11) is 0. The highest BCUT2D eigenvalue weighted by atomic mass is 32.2. The fourth-order valence-corrected chi connectivity index (χ4v) is 2.12. The van der Waals surface area contributed by atoms with Gasteiger partial charge in [-0.1, -0.05) is 12.1 Å². The smallest absolute Gasteiger partial charge is 0.325 e. The van der Waals surface area contributed by atoms with Gasteiger partial charge in [0.1, 0.15) is 6.04 Å². The van der Waals surface area contributed by atoms with Crippen LogP contribution in [0.1, 0.15) is 6.92 Å². The number of carbonyl (C=O) groups is 1. The van der Waals surface area contributed by atoms with Gasteiger partial charge in [-0.3, -0.25) is 14.9 Å². The lowest BCUT2D eigenvalue weighted by atomic mass is 10.3. The van der Waals surface area contributed by atoms with Crippen LogP contribution in [0.3, 0.4) is 0 Å². The first-order valence-electron chi connectivity index (χ1n) is 4.57. The molecule has 1 aromatic rings. The topological polar surface area (TPSA) is 116 Å². The summed E-state index contributed by atoms with van der Waals surface area (Å²) < 4.78 is 14.0. The predicted octanol–water partition coefficient (Wildman–Crippen LogP) is 0.680. The molecule has 0 saturated carbocycles. The van der Waals surface area contributed by atoms with Crippen LogP contribution in [0, 0.1) is 10.1 Å². The summed E-state index contributed by atoms with van der Waals surface area (Å²) in [6.07, 6.45) is 0. The van der Waals surface area contributed by atoms with Crippen LogP contribution < -0.4 is 4.72 Å². The first kappa shape index (κ1) is 13.4. The van der Waals surface area contributed by atoms with Crippen molar-refractivity contribution in [3.63, 3.8) is 0 Å². The van der Waals surface area contributed by atoms with Crippen LogP contribution in [0.4, 0.5) is 5.69 Å². The van der Waals surface area contributed by atoms with E-state index in [9.17, 15) is 19.5 Å². The number of nitro groups is 1. The fourth-order valence-electron chi connectivity index (χ4n) is 1.04. The number of nitro benzene ring substituents is 1. The number of rotatable bonds is 5. The van der Waals surface area contributed by atoms with E-state index in [1.54, 1.807) is 0 Å². The quantitative estimate of drug-likeness (QED) is 0.456. The van der Waals surface area contributed by atoms with Gasteiger partial charge in [0.2, 0.25) is 0 Å². The lowest BCUT2D eigenvalue weighted by Gasteiger charge is -2.12. The van der Waals surface area contributed by atoms with Crippen molar-refractivity contribution in [3.05, 3.63) is 34.4 Å². The number of carboxylic acid groups (broad SMARTS) is 1. The van der Waals surface area contributed by atoms with Gasteiger partial charge < -0.3 is 9.66 Å². The van der Waals surface area contributed by atoms with Gasteiger partial charge in [-0.15, -0.1) is 4.72 Å². The van der Waals surface area contributed by atoms with Gasteiger partial charge in [0, 0.05) is 12.1 Å². The normalized spacial score (nSPS) is 14.0. The molecule has 2 N–H and O–H groups in total. The zero-order valence-corrected chi connectivity index (χ0v) is 9.64. The molecule has 0 aliphatic carbocycles. The molecule has 7 nitrogen and oxygen atoms in total. The third-order valence-corrected chi connectivity index (χ3v) is 3.23. The van der Waals surface area contributed by atoms with Crippen LogP contribution in [0.15, 0.2) is 29.2 Å². The Balaban J connectivity index is 2.92. The number of benzene rings is 1. The standard InChI is InChI=1S/C9H10N2O5S/c1-6(9(12)13)10-17(16)8-5-3-2-4-7(8)11(14)15/h2-6,10H,1H3,(H,12,13)/t6-,17?/m0/s1. The summed E-state index contributed by atoms with van der Waals surface area (Å²) in [6, 6.07) is 4.40. The van der Waals surface area contributed by atoms with Crippen molar-refractivity contribution in [2.75, 3.05) is 0 Å². The molecule has 0 bridgehead atoms. The Hall–Kier alpha value is -1.64. The molecule has 0 saturated heterocycles. The molecule has 92 valence electrons. The molecule has 1 rings (SSSR count). The Kier molecular flexibility index (Phi) is 4.44. The molecule has 17 heavy (non-hydrogen) atoms. The minimum atomic E-state index is -1.94. The van der Waals surface area contributed by atoms with Gasteiger partial charge in [-0.05, 0) is 6.92 Å². The van der Waals surface area contributed by atoms with E-state index in [0.29, 0.717) is 0 Å². The zero-order chi connectivity index (χ0) is 13.0. The average molecular weight is 258 g/mol. The number of para-hydroxylation sites is 1. The van der Waals surface area contributed by atoms with Crippen LogP contribution in [-0.4, -0.2) is 26.6 Å². The van der Waals surface area contributed by atoms with Crippen LogP contribution in [-0.2, 0) is 16.2 Å². The molecule has 8 heteroatoms. The van der Waals surface area contributed by atoms with Gasteiger partial charge >= 0.3 is 11.7 Å². The predicted molar refractivity (Wildman–Crippen MR) is 59.7 cm³/mol. The van der Waals surface area contributed by atoms with E-state index < -0.39 is 28.3 Å². The average Bonchev–Trinajstić information content (AvgIpc) is 2.28. The van der Waals surface area contributed by atoms with Gasteiger partial charge in [-0.2, -0.15) is 0 Å². The van der Waals surface area contributed by atoms with Gasteiger partial charge in [-0.25, -0.2) is 0 Å². The summed E-state index contributed by atoms with van der Waals surface area (Å²) in [5.41, 5.74) is -0.309. The number of nitrogens with zero attached hydrogens (tertiary/aromatic N) is 1. The summed E-state index contributed by atoms with van der Waals surface area (Å²) in [4.78, 5) is 20.5. The van der Waals surface area contributed by atoms with Crippen LogP contribution in [0.25, 0.3) is 0 Å². The second kappa shape index (κ2) is 5.62. The maximum absolute atomic E-state index is 11.7. The molecule has 0 fully saturated rings. The van der Waals surface area contributed by atoms with E-state index in [1.807, 2.05) is 0 Å². The Labute approximate surface area is 99.9 Å². The summed E-state index contributed by atoms with van der Waals surface area (Å²) in [5, 5.41) is 19.3. The maximum Gasteiger partial charge on any atom is 0.325 e. The molecular weight excluding hydrogens is 248 g/mol. The van der Waals surface area contributed by atoms with Crippen molar-refractivity contribution < 1.29 is 19.4 Å². The van der Waals surface area contributed by atoms with Crippen molar-refractivity contribution in [3.8, 4) is 0 Å². The molecule has 0 heterocycles. The Morgan fingerprint density at radius 2 is 2.12 bits per heavy atom. The van der Waals surface area contributed by atoms with Crippen LogP contribution >= 0.6 is 0 Å². The summed E-state index contributed by atoms with van der Waals surface area (Å²) >= 11 is -1.94. The molecule has 1 unspecified atom stereocenters. The van der Waals surface area contributed by atoms with Crippen molar-refractivity contribution in [1.82, 2.24) is 4.72 Å². The highest BCUT2D eigenvalue weighted by Crippen LogP contribution is 2.22. The third-order valence-electron chi connectivity index (χ3n) is 1.92. The zero-order valence-electron chi connectivity index (χ0n) is 8.82. The first-order chi connectivity index (χ1) is 7.93. The third kappa shape index (κ3) is 3.41. The molecule has 0 radical (unpaired) electrons. The Bertz CT molecular complexity index is 439. The van der Waals surface area contributed by atoms with Gasteiger partial charge in [0.05, 0.1) is 16.3 Å². The van der Waals surface area contributed by atoms with E-state index in [-0.39, 0.29) is 10.6 Å². The van der Waals surface area contributed by atoms with Gasteiger partial charge in [0.15, 0.2) is 0 Å². The monoisotopic (exact) mass is 258 g/mol. The molecule has 0 aliphatic rings. The van der Waals surface area contributed by atoms with E-state index in [4.69, 9.17) is 5.11 Å². The number of hydrogen-bond donors (Lipinski definition) is 2. The highest BCUT2D eigenvalue weighted by molar-refractivity contribution is 7.89. The second-order valence-electron chi connectivity index (χ2n) is 3.17. The minimum Gasteiger partial charge on any atom is -0.593 e. The molecular formula is C9H10N2O5S. The summed E-state index contributed by atoms with van der Waals surface area (Å²) in [6.45, 7) is 1.30. The van der Waals surface area contributed by atoms with Crippen molar-refractivity contribution in [2.24, 2.45) is 0 Å². The van der Waals surface area contributed by atoms with E-state index in [1.165, 1.54) is 31.2 Å². The second-order valence-corrected chi connectivity index (χ2v) is 4.38. The van der Waals surface area contributed by atoms with E-state index >= 15 is 0 Å². The molecule has 0 spiro atoms. The molecule has 0 aromatic heterocycles. The lowest BCUT2D eigenvalue weighted by Crippen LogP contribution is -2.38. The summed E-state index contributed by atoms with van der Waals surface area (Å²) in [5.74, 6) is -1.18. The van der Waals surface area contributed by atoms with Crippen LogP contribution in [0.2, 0.25) is 0 Å². The molecule has 2 atom stereocenters. The SMILES string of the molecule is C[C@H](N[S+]([O-])c1ccccc1[N+](=O)[O-])C(=O)O. The lowest BCUT2D eigenvalue weighted by molar-refractivity contribution is -0.387. The molecule has 0 aliphatic heterocycles. The van der Waals surface area contributed by atoms with Crippen molar-refractivity contribution in [1.29, 1.82) is 0 Å². The van der Waals surface area contributed by atoms with Crippen LogP contribution in [0.5, 0.6) is 0 Å². The highest BCUT2D eigenvalue weighted by Gasteiger charge is 2.27. The van der Waals surface area contributed by atoms with Crippen molar-refractivity contribution in [2.45, 2.75) is 17.9 Å². The maximum atomic E-state index is 11.7. The fraction of sp³-hybridized carbons (Fsp3) is 0.222. The van der Waals surface area contributed by atoms with Crippen molar-refractivity contribution >= 4 is 23.0 Å². The van der Waals surface area contributed by atoms with E-state index in [0.717, 1.165) is 0 Å². The Morgan fingerprint density at radius 3 is 2.65 bits per heavy atom. The first-order valence-corrected chi connectivity index (χ1v) is 5.72. The number of nitrogens with one attached hydrogen (secondary N) is 1. The molecule has 0 amide bonds. The molecule has 1 aromatic carbocycles. The minimum absolute atomic E-state index is 0.0504. The van der Waals surface area contributed by atoms with Gasteiger partial charge in [0.25, 0.3) is 4.90 Å². The van der Waals surface area contributed by atoms with E-state index in [2.05, 4.69) is 4.72 Å². The largest absolute Gasteiger partial charge is 0.593 e. The number of hydrogen-bond acceptors (Lipinski definition) is 5. The number of aliphatic carboxylic acids is 1. The number of carboxylic acids is 1. The Morgan fingerprint density at radius 1 is 1.53 bits per heavy atom.